The number of hydrogen-bond acceptors (Lipinski definition) is 3. The van der Waals surface area contributed by atoms with Gasteiger partial charge in [0.25, 0.3) is 0 Å². The minimum atomic E-state index is -1.07. The van der Waals surface area contributed by atoms with Gasteiger partial charge < -0.3 is 15.1 Å². The lowest BCUT2D eigenvalue weighted by molar-refractivity contribution is -0.145. The fourth-order valence-corrected chi connectivity index (χ4v) is 3.05. The SMILES string of the molecule is C[C@H]1C(=O)N2[C@@H](CCC(=O)O)CC[C@H]2CN1C(=O)O. The van der Waals surface area contributed by atoms with Crippen molar-refractivity contribution in [3.8, 4) is 0 Å². The van der Waals surface area contributed by atoms with Crippen LogP contribution in [0.2, 0.25) is 0 Å². The van der Waals surface area contributed by atoms with Crippen LogP contribution in [0.25, 0.3) is 0 Å². The first kappa shape index (κ1) is 13.6. The van der Waals surface area contributed by atoms with Gasteiger partial charge in [-0.1, -0.05) is 0 Å². The fourth-order valence-electron chi connectivity index (χ4n) is 3.05. The van der Waals surface area contributed by atoms with E-state index in [9.17, 15) is 14.4 Å². The van der Waals surface area contributed by atoms with Crippen LogP contribution in [0.5, 0.6) is 0 Å². The molecule has 0 unspecified atom stereocenters. The summed E-state index contributed by atoms with van der Waals surface area (Å²) in [6, 6.07) is -0.843. The summed E-state index contributed by atoms with van der Waals surface area (Å²) in [7, 11) is 0. The molecule has 2 fully saturated rings. The Morgan fingerprint density at radius 1 is 1.32 bits per heavy atom. The Kier molecular flexibility index (Phi) is 3.64. The number of carbonyl (C=O) groups excluding carboxylic acids is 1. The molecule has 7 nitrogen and oxygen atoms in total. The number of fused-ring (bicyclic) bond motifs is 1. The number of piperazine rings is 1. The van der Waals surface area contributed by atoms with Gasteiger partial charge in [0.1, 0.15) is 6.04 Å². The molecule has 2 rings (SSSR count). The molecule has 0 radical (unpaired) electrons. The molecule has 2 N–H and O–H groups in total. The highest BCUT2D eigenvalue weighted by Gasteiger charge is 2.46. The molecular formula is C12H18N2O5. The quantitative estimate of drug-likeness (QED) is 0.782. The molecule has 0 aliphatic carbocycles. The monoisotopic (exact) mass is 270 g/mol. The number of carboxylic acid groups (broad SMARTS) is 2. The summed E-state index contributed by atoms with van der Waals surface area (Å²) in [6.45, 7) is 1.91. The second-order valence-corrected chi connectivity index (χ2v) is 5.17. The third-order valence-corrected chi connectivity index (χ3v) is 4.04. The predicted molar refractivity (Wildman–Crippen MR) is 64.7 cm³/mol. The van der Waals surface area contributed by atoms with Crippen molar-refractivity contribution in [1.29, 1.82) is 0 Å². The lowest BCUT2D eigenvalue weighted by Gasteiger charge is -2.42. The van der Waals surface area contributed by atoms with E-state index >= 15 is 0 Å². The molecule has 0 aromatic rings. The van der Waals surface area contributed by atoms with Crippen LogP contribution in [0.1, 0.15) is 32.6 Å². The lowest BCUT2D eigenvalue weighted by atomic mass is 10.1. The molecule has 19 heavy (non-hydrogen) atoms. The van der Waals surface area contributed by atoms with Gasteiger partial charge in [-0.2, -0.15) is 0 Å². The minimum absolute atomic E-state index is 0.0399. The molecule has 2 amide bonds. The number of amides is 2. The predicted octanol–water partition coefficient (Wildman–Crippen LogP) is 0.593. The molecule has 7 heteroatoms. The average molecular weight is 270 g/mol. The maximum absolute atomic E-state index is 12.3. The van der Waals surface area contributed by atoms with E-state index in [1.54, 1.807) is 11.8 Å². The molecule has 2 saturated heterocycles. The lowest BCUT2D eigenvalue weighted by Crippen LogP contribution is -2.61. The number of carboxylic acids is 1. The van der Waals surface area contributed by atoms with Crippen LogP contribution < -0.4 is 0 Å². The molecule has 106 valence electrons. The molecule has 3 atom stereocenters. The zero-order valence-electron chi connectivity index (χ0n) is 10.8. The van der Waals surface area contributed by atoms with Crippen molar-refractivity contribution in [2.24, 2.45) is 0 Å². The summed E-state index contributed by atoms with van der Waals surface area (Å²) in [5.41, 5.74) is 0. The highest BCUT2D eigenvalue weighted by atomic mass is 16.4. The number of nitrogens with zero attached hydrogens (tertiary/aromatic N) is 2. The molecule has 2 aliphatic rings. The summed E-state index contributed by atoms with van der Waals surface area (Å²) in [5.74, 6) is -1.07. The van der Waals surface area contributed by atoms with E-state index in [2.05, 4.69) is 0 Å². The van der Waals surface area contributed by atoms with Crippen LogP contribution in [0, 0.1) is 0 Å². The maximum atomic E-state index is 12.3. The third-order valence-electron chi connectivity index (χ3n) is 4.04. The summed E-state index contributed by atoms with van der Waals surface area (Å²) >= 11 is 0. The van der Waals surface area contributed by atoms with E-state index < -0.39 is 18.1 Å². The van der Waals surface area contributed by atoms with Crippen molar-refractivity contribution >= 4 is 18.0 Å². The van der Waals surface area contributed by atoms with Gasteiger partial charge in [0.2, 0.25) is 5.91 Å². The Balaban J connectivity index is 2.08. The first-order valence-electron chi connectivity index (χ1n) is 6.45. The van der Waals surface area contributed by atoms with Gasteiger partial charge in [-0.15, -0.1) is 0 Å². The Bertz CT molecular complexity index is 405. The van der Waals surface area contributed by atoms with Crippen LogP contribution in [0.4, 0.5) is 4.79 Å². The Labute approximate surface area is 110 Å². The zero-order chi connectivity index (χ0) is 14.2. The van der Waals surface area contributed by atoms with Gasteiger partial charge in [-0.25, -0.2) is 4.79 Å². The van der Waals surface area contributed by atoms with Crippen molar-refractivity contribution in [3.05, 3.63) is 0 Å². The number of carbonyl (C=O) groups is 3. The van der Waals surface area contributed by atoms with Gasteiger partial charge in [0.05, 0.1) is 0 Å². The first-order chi connectivity index (χ1) is 8.91. The van der Waals surface area contributed by atoms with Gasteiger partial charge in [0, 0.05) is 25.0 Å². The third kappa shape index (κ3) is 2.50. The molecule has 0 bridgehead atoms. The van der Waals surface area contributed by atoms with E-state index in [4.69, 9.17) is 10.2 Å². The van der Waals surface area contributed by atoms with Crippen LogP contribution in [0.3, 0.4) is 0 Å². The fraction of sp³-hybridized carbons (Fsp3) is 0.750. The zero-order valence-corrected chi connectivity index (χ0v) is 10.8. The second kappa shape index (κ2) is 5.07. The normalized spacial score (nSPS) is 30.4. The van der Waals surface area contributed by atoms with Gasteiger partial charge >= 0.3 is 12.1 Å². The molecule has 0 saturated carbocycles. The highest BCUT2D eigenvalue weighted by molar-refractivity contribution is 5.87. The van der Waals surface area contributed by atoms with Crippen molar-refractivity contribution in [3.63, 3.8) is 0 Å². The standard InChI is InChI=1S/C12H18N2O5/c1-7-11(17)14-8(4-5-10(15)16)2-3-9(14)6-13(7)12(18)19/h7-9H,2-6H2,1H3,(H,15,16)(H,18,19)/t7-,8+,9-/m0/s1. The Morgan fingerprint density at radius 3 is 2.58 bits per heavy atom. The van der Waals surface area contributed by atoms with Gasteiger partial charge in [-0.05, 0) is 26.2 Å². The van der Waals surface area contributed by atoms with E-state index in [-0.39, 0.29) is 24.4 Å². The summed E-state index contributed by atoms with van der Waals surface area (Å²) in [4.78, 5) is 36.8. The Hall–Kier alpha value is -1.79. The van der Waals surface area contributed by atoms with Crippen molar-refractivity contribution < 1.29 is 24.6 Å². The molecule has 0 aromatic carbocycles. The van der Waals surface area contributed by atoms with Gasteiger partial charge in [-0.3, -0.25) is 14.5 Å². The van der Waals surface area contributed by atoms with Crippen LogP contribution >= 0.6 is 0 Å². The minimum Gasteiger partial charge on any atom is -0.481 e. The smallest absolute Gasteiger partial charge is 0.408 e. The van der Waals surface area contributed by atoms with E-state index in [0.717, 1.165) is 12.8 Å². The van der Waals surface area contributed by atoms with Crippen molar-refractivity contribution in [1.82, 2.24) is 9.80 Å². The topological polar surface area (TPSA) is 98.2 Å². The molecular weight excluding hydrogens is 252 g/mol. The summed E-state index contributed by atoms with van der Waals surface area (Å²) in [6.07, 6.45) is 0.904. The number of hydrogen-bond donors (Lipinski definition) is 2. The number of aliphatic carboxylic acids is 1. The van der Waals surface area contributed by atoms with Crippen LogP contribution in [0.15, 0.2) is 0 Å². The first-order valence-corrected chi connectivity index (χ1v) is 6.45. The average Bonchev–Trinajstić information content (AvgIpc) is 2.74. The Morgan fingerprint density at radius 2 is 2.00 bits per heavy atom. The van der Waals surface area contributed by atoms with Crippen molar-refractivity contribution in [2.45, 2.75) is 50.7 Å². The second-order valence-electron chi connectivity index (χ2n) is 5.17. The maximum Gasteiger partial charge on any atom is 0.408 e. The van der Waals surface area contributed by atoms with E-state index in [0.29, 0.717) is 13.0 Å². The molecule has 0 spiro atoms. The molecule has 2 heterocycles. The van der Waals surface area contributed by atoms with Crippen LogP contribution in [-0.2, 0) is 9.59 Å². The van der Waals surface area contributed by atoms with E-state index in [1.165, 1.54) is 4.90 Å². The van der Waals surface area contributed by atoms with Crippen LogP contribution in [-0.4, -0.2) is 62.7 Å². The molecule has 0 aromatic heterocycles. The van der Waals surface area contributed by atoms with E-state index in [1.807, 2.05) is 0 Å². The highest BCUT2D eigenvalue weighted by Crippen LogP contribution is 2.32. The van der Waals surface area contributed by atoms with Gasteiger partial charge in [0.15, 0.2) is 0 Å². The summed E-state index contributed by atoms with van der Waals surface area (Å²) in [5, 5.41) is 17.8. The largest absolute Gasteiger partial charge is 0.481 e. The molecule has 2 aliphatic heterocycles. The number of rotatable bonds is 3. The van der Waals surface area contributed by atoms with Crippen molar-refractivity contribution in [2.75, 3.05) is 6.54 Å². The summed E-state index contributed by atoms with van der Waals surface area (Å²) < 4.78 is 0.